The molecular formula is C25H27ClN4O2. The van der Waals surface area contributed by atoms with E-state index in [-0.39, 0.29) is 23.3 Å². The van der Waals surface area contributed by atoms with E-state index < -0.39 is 0 Å². The predicted octanol–water partition coefficient (Wildman–Crippen LogP) is 3.51. The minimum atomic E-state index is -0.306. The largest absolute Gasteiger partial charge is 0.353 e. The van der Waals surface area contributed by atoms with Crippen molar-refractivity contribution in [3.63, 3.8) is 0 Å². The average molecular weight is 451 g/mol. The Morgan fingerprint density at radius 3 is 2.41 bits per heavy atom. The van der Waals surface area contributed by atoms with Gasteiger partial charge < -0.3 is 14.8 Å². The lowest BCUT2D eigenvalue weighted by Gasteiger charge is -2.32. The highest BCUT2D eigenvalue weighted by molar-refractivity contribution is 6.30. The zero-order chi connectivity index (χ0) is 22.3. The van der Waals surface area contributed by atoms with E-state index in [1.54, 1.807) is 18.3 Å². The Hall–Kier alpha value is -2.96. The van der Waals surface area contributed by atoms with Crippen molar-refractivity contribution < 1.29 is 4.79 Å². The van der Waals surface area contributed by atoms with Crippen molar-refractivity contribution in [1.82, 2.24) is 19.8 Å². The highest BCUT2D eigenvalue weighted by Crippen LogP contribution is 2.24. The van der Waals surface area contributed by atoms with Crippen molar-refractivity contribution in [1.29, 1.82) is 0 Å². The van der Waals surface area contributed by atoms with Crippen LogP contribution in [0.5, 0.6) is 0 Å². The molecule has 0 saturated carbocycles. The van der Waals surface area contributed by atoms with Crippen LogP contribution in [0.2, 0.25) is 5.02 Å². The van der Waals surface area contributed by atoms with Gasteiger partial charge in [-0.15, -0.1) is 0 Å². The number of nitrogens with zero attached hydrogens (tertiary/aromatic N) is 3. The van der Waals surface area contributed by atoms with E-state index in [0.29, 0.717) is 5.02 Å². The van der Waals surface area contributed by atoms with Crippen molar-refractivity contribution >= 4 is 17.5 Å². The van der Waals surface area contributed by atoms with Crippen LogP contribution in [-0.2, 0) is 11.3 Å². The molecule has 1 aromatic carbocycles. The number of benzene rings is 1. The van der Waals surface area contributed by atoms with Crippen molar-refractivity contribution in [3.8, 4) is 0 Å². The first-order chi connectivity index (χ1) is 15.6. The van der Waals surface area contributed by atoms with Gasteiger partial charge in [-0.05, 0) is 55.8 Å². The molecule has 0 radical (unpaired) electrons. The summed E-state index contributed by atoms with van der Waals surface area (Å²) in [5, 5.41) is 3.88. The van der Waals surface area contributed by atoms with E-state index in [2.05, 4.69) is 15.2 Å². The molecule has 4 rings (SSSR count). The summed E-state index contributed by atoms with van der Waals surface area (Å²) >= 11 is 6.05. The van der Waals surface area contributed by atoms with Crippen molar-refractivity contribution in [2.45, 2.75) is 25.4 Å². The maximum Gasteiger partial charge on any atom is 0.224 e. The number of aromatic nitrogens is 2. The van der Waals surface area contributed by atoms with Crippen LogP contribution in [0.4, 0.5) is 0 Å². The lowest BCUT2D eigenvalue weighted by atomic mass is 9.94. The third-order valence-corrected chi connectivity index (χ3v) is 6.22. The van der Waals surface area contributed by atoms with Gasteiger partial charge in [0.1, 0.15) is 0 Å². The quantitative estimate of drug-likeness (QED) is 0.598. The first-order valence-electron chi connectivity index (χ1n) is 10.9. The number of rotatable bonds is 7. The van der Waals surface area contributed by atoms with Gasteiger partial charge in [-0.25, -0.2) is 0 Å². The Morgan fingerprint density at radius 2 is 1.75 bits per heavy atom. The second kappa shape index (κ2) is 10.6. The molecule has 6 nitrogen and oxygen atoms in total. The van der Waals surface area contributed by atoms with Crippen LogP contribution < -0.4 is 10.7 Å². The van der Waals surface area contributed by atoms with Crippen molar-refractivity contribution in [2.75, 3.05) is 19.6 Å². The molecule has 166 valence electrons. The number of hydrogen-bond acceptors (Lipinski definition) is 4. The topological polar surface area (TPSA) is 67.2 Å². The number of carbonyl (C=O) groups is 1. The molecular weight excluding hydrogens is 424 g/mol. The van der Waals surface area contributed by atoms with Gasteiger partial charge in [-0.3, -0.25) is 14.6 Å². The van der Waals surface area contributed by atoms with Gasteiger partial charge in [-0.1, -0.05) is 29.8 Å². The molecule has 3 aromatic rings. The van der Waals surface area contributed by atoms with Crippen molar-refractivity contribution in [2.24, 2.45) is 5.92 Å². The van der Waals surface area contributed by atoms with Gasteiger partial charge in [0.2, 0.25) is 5.91 Å². The smallest absolute Gasteiger partial charge is 0.224 e. The summed E-state index contributed by atoms with van der Waals surface area (Å²) in [4.78, 5) is 31.2. The van der Waals surface area contributed by atoms with Gasteiger partial charge in [0, 0.05) is 54.8 Å². The van der Waals surface area contributed by atoms with E-state index in [0.717, 1.165) is 50.3 Å². The number of carbonyl (C=O) groups excluding carboxylic acids is 1. The van der Waals surface area contributed by atoms with E-state index >= 15 is 0 Å². The van der Waals surface area contributed by atoms with Crippen LogP contribution in [0, 0.1) is 5.92 Å². The van der Waals surface area contributed by atoms with E-state index in [4.69, 9.17) is 11.6 Å². The summed E-state index contributed by atoms with van der Waals surface area (Å²) < 4.78 is 2.02. The third-order valence-electron chi connectivity index (χ3n) is 5.97. The molecule has 1 atom stereocenters. The molecule has 2 aromatic heterocycles. The molecule has 1 N–H and O–H groups in total. The molecule has 0 unspecified atom stereocenters. The summed E-state index contributed by atoms with van der Waals surface area (Å²) in [5.41, 5.74) is 1.79. The number of likely N-dealkylation sites (tertiary alicyclic amines) is 1. The molecule has 1 fully saturated rings. The number of pyridine rings is 2. The summed E-state index contributed by atoms with van der Waals surface area (Å²) in [6.45, 7) is 3.50. The fraction of sp³-hybridized carbons (Fsp3) is 0.320. The Kier molecular flexibility index (Phi) is 7.35. The molecule has 3 heterocycles. The molecule has 1 saturated heterocycles. The van der Waals surface area contributed by atoms with Gasteiger partial charge in [0.15, 0.2) is 5.43 Å². The molecule has 7 heteroatoms. The second-order valence-corrected chi connectivity index (χ2v) is 8.57. The lowest BCUT2D eigenvalue weighted by Crippen LogP contribution is -2.42. The fourth-order valence-corrected chi connectivity index (χ4v) is 4.18. The summed E-state index contributed by atoms with van der Waals surface area (Å²) in [7, 11) is 0. The van der Waals surface area contributed by atoms with E-state index in [9.17, 15) is 9.59 Å². The fourth-order valence-electron chi connectivity index (χ4n) is 4.06. The van der Waals surface area contributed by atoms with Crippen LogP contribution in [0.1, 0.15) is 30.1 Å². The number of hydrogen-bond donors (Lipinski definition) is 1. The monoisotopic (exact) mass is 450 g/mol. The standard InChI is InChI=1S/C25H27ClN4O2/c26-21-6-4-19(5-7-21)24(23-3-1-2-12-27-23)28-25(32)20-8-13-29(14-9-20)17-18-30-15-10-22(31)11-16-30/h1-7,10-12,15-16,20,24H,8-9,13-14,17-18H2,(H,28,32)/t24-/m1/s1. The van der Waals surface area contributed by atoms with E-state index in [1.807, 2.05) is 59.4 Å². The highest BCUT2D eigenvalue weighted by Gasteiger charge is 2.27. The Morgan fingerprint density at radius 1 is 1.03 bits per heavy atom. The molecule has 0 bridgehead atoms. The minimum absolute atomic E-state index is 0.0165. The van der Waals surface area contributed by atoms with Crippen LogP contribution in [0.3, 0.4) is 0 Å². The van der Waals surface area contributed by atoms with Crippen LogP contribution >= 0.6 is 11.6 Å². The van der Waals surface area contributed by atoms with Crippen molar-refractivity contribution in [3.05, 3.63) is 99.7 Å². The van der Waals surface area contributed by atoms with Gasteiger partial charge in [0.05, 0.1) is 11.7 Å². The van der Waals surface area contributed by atoms with Crippen LogP contribution in [-0.4, -0.2) is 40.0 Å². The maximum absolute atomic E-state index is 13.1. The minimum Gasteiger partial charge on any atom is -0.353 e. The maximum atomic E-state index is 13.1. The molecule has 32 heavy (non-hydrogen) atoms. The third kappa shape index (κ3) is 5.84. The number of amides is 1. The number of halogens is 1. The first kappa shape index (κ1) is 22.2. The first-order valence-corrected chi connectivity index (χ1v) is 11.3. The molecule has 1 aliphatic rings. The van der Waals surface area contributed by atoms with Crippen LogP contribution in [0.15, 0.2) is 78.0 Å². The highest BCUT2D eigenvalue weighted by atomic mass is 35.5. The Balaban J connectivity index is 1.34. The van der Waals surface area contributed by atoms with Gasteiger partial charge in [-0.2, -0.15) is 0 Å². The predicted molar refractivity (Wildman–Crippen MR) is 126 cm³/mol. The molecule has 1 aliphatic heterocycles. The molecule has 1 amide bonds. The lowest BCUT2D eigenvalue weighted by molar-refractivity contribution is -0.127. The van der Waals surface area contributed by atoms with E-state index in [1.165, 1.54) is 0 Å². The zero-order valence-corrected chi connectivity index (χ0v) is 18.6. The average Bonchev–Trinajstić information content (AvgIpc) is 2.83. The van der Waals surface area contributed by atoms with Crippen LogP contribution in [0.25, 0.3) is 0 Å². The normalized spacial score (nSPS) is 15.9. The second-order valence-electron chi connectivity index (χ2n) is 8.14. The Bertz CT molecular complexity index is 1060. The summed E-state index contributed by atoms with van der Waals surface area (Å²) in [5.74, 6) is 0.0489. The Labute approximate surface area is 192 Å². The van der Waals surface area contributed by atoms with Gasteiger partial charge >= 0.3 is 0 Å². The number of piperidine rings is 1. The SMILES string of the molecule is O=C(N[C@H](c1ccc(Cl)cc1)c1ccccn1)C1CCN(CCn2ccc(=O)cc2)CC1. The number of nitrogens with one attached hydrogen (secondary N) is 1. The zero-order valence-electron chi connectivity index (χ0n) is 17.9. The molecule has 0 spiro atoms. The molecule has 0 aliphatic carbocycles. The van der Waals surface area contributed by atoms with Gasteiger partial charge in [0.25, 0.3) is 0 Å². The summed E-state index contributed by atoms with van der Waals surface area (Å²) in [6.07, 6.45) is 7.02. The summed E-state index contributed by atoms with van der Waals surface area (Å²) in [6, 6.07) is 16.1.